The van der Waals surface area contributed by atoms with Crippen molar-refractivity contribution in [1.82, 2.24) is 10.3 Å². The fraction of sp³-hybridized carbons (Fsp3) is 0.368. The molecular weight excluding hydrogens is 320 g/mol. The molecule has 0 fully saturated rings. The van der Waals surface area contributed by atoms with E-state index < -0.39 is 23.9 Å². The largest absolute Gasteiger partial charge is 0.444 e. The van der Waals surface area contributed by atoms with Gasteiger partial charge in [0.25, 0.3) is 0 Å². The molecule has 0 aliphatic rings. The summed E-state index contributed by atoms with van der Waals surface area (Å²) in [6, 6.07) is 11.0. The second-order valence-corrected chi connectivity index (χ2v) is 6.75. The first-order valence-corrected chi connectivity index (χ1v) is 8.09. The van der Waals surface area contributed by atoms with Crippen LogP contribution in [0.25, 0.3) is 11.1 Å². The zero-order valence-electron chi connectivity index (χ0n) is 14.6. The Balaban J connectivity index is 1.93. The van der Waals surface area contributed by atoms with Crippen molar-refractivity contribution >= 4 is 6.09 Å². The number of alkyl carbamates (subject to hydrolysis) is 1. The van der Waals surface area contributed by atoms with Crippen molar-refractivity contribution in [2.24, 2.45) is 0 Å². The zero-order valence-corrected chi connectivity index (χ0v) is 14.6. The summed E-state index contributed by atoms with van der Waals surface area (Å²) >= 11 is 0. The molecule has 0 saturated heterocycles. The number of benzene rings is 1. The number of aliphatic hydroxyl groups excluding tert-OH is 2. The van der Waals surface area contributed by atoms with Gasteiger partial charge in [-0.3, -0.25) is 4.98 Å². The lowest BCUT2D eigenvalue weighted by Gasteiger charge is -2.22. The lowest BCUT2D eigenvalue weighted by molar-refractivity contribution is 0.0129. The van der Waals surface area contributed by atoms with Gasteiger partial charge in [0.15, 0.2) is 0 Å². The molecule has 2 rings (SSSR count). The van der Waals surface area contributed by atoms with E-state index in [0.29, 0.717) is 5.56 Å². The highest BCUT2D eigenvalue weighted by atomic mass is 16.6. The molecule has 1 amide bonds. The van der Waals surface area contributed by atoms with Gasteiger partial charge in [-0.1, -0.05) is 24.3 Å². The molecule has 1 heterocycles. The number of amides is 1. The minimum absolute atomic E-state index is 0.109. The molecule has 3 N–H and O–H groups in total. The van der Waals surface area contributed by atoms with Crippen LogP contribution >= 0.6 is 0 Å². The summed E-state index contributed by atoms with van der Waals surface area (Å²) in [7, 11) is 0. The fourth-order valence-electron chi connectivity index (χ4n) is 2.25. The van der Waals surface area contributed by atoms with Crippen LogP contribution in [-0.2, 0) is 4.74 Å². The highest BCUT2D eigenvalue weighted by Crippen LogP contribution is 2.23. The van der Waals surface area contributed by atoms with Crippen LogP contribution in [0.2, 0.25) is 0 Å². The number of hydrogen-bond acceptors (Lipinski definition) is 5. The molecule has 1 aromatic carbocycles. The molecule has 25 heavy (non-hydrogen) atoms. The number of aromatic nitrogens is 1. The number of pyridine rings is 1. The summed E-state index contributed by atoms with van der Waals surface area (Å²) in [6.07, 6.45) is 0.543. The number of carbonyl (C=O) groups is 1. The van der Waals surface area contributed by atoms with Crippen molar-refractivity contribution in [3.8, 4) is 11.1 Å². The van der Waals surface area contributed by atoms with E-state index in [2.05, 4.69) is 10.3 Å². The minimum atomic E-state index is -1.14. The monoisotopic (exact) mass is 344 g/mol. The number of carbonyl (C=O) groups excluding carboxylic acids is 1. The van der Waals surface area contributed by atoms with Gasteiger partial charge in [-0.05, 0) is 49.6 Å². The highest BCUT2D eigenvalue weighted by molar-refractivity contribution is 5.67. The van der Waals surface area contributed by atoms with Crippen LogP contribution in [0.5, 0.6) is 0 Å². The molecule has 6 heteroatoms. The third kappa shape index (κ3) is 5.85. The van der Waals surface area contributed by atoms with Crippen molar-refractivity contribution in [2.75, 3.05) is 6.54 Å². The second kappa shape index (κ2) is 8.09. The van der Waals surface area contributed by atoms with Gasteiger partial charge < -0.3 is 20.3 Å². The Morgan fingerprint density at radius 1 is 1.08 bits per heavy atom. The summed E-state index contributed by atoms with van der Waals surface area (Å²) in [5.41, 5.74) is 1.95. The molecule has 2 unspecified atom stereocenters. The Morgan fingerprint density at radius 3 is 2.20 bits per heavy atom. The molecule has 2 atom stereocenters. The van der Waals surface area contributed by atoms with Crippen LogP contribution in [0.4, 0.5) is 4.79 Å². The Morgan fingerprint density at radius 2 is 1.64 bits per heavy atom. The van der Waals surface area contributed by atoms with Crippen LogP contribution in [0, 0.1) is 0 Å². The first-order valence-electron chi connectivity index (χ1n) is 8.09. The van der Waals surface area contributed by atoms with E-state index in [9.17, 15) is 15.0 Å². The van der Waals surface area contributed by atoms with Crippen LogP contribution in [0.1, 0.15) is 32.4 Å². The number of ether oxygens (including phenoxy) is 1. The molecule has 1 aromatic heterocycles. The summed E-state index contributed by atoms with van der Waals surface area (Å²) < 4.78 is 5.09. The third-order valence-electron chi connectivity index (χ3n) is 3.48. The lowest BCUT2D eigenvalue weighted by Crippen LogP contribution is -2.38. The molecule has 0 spiro atoms. The Labute approximate surface area is 147 Å². The molecular formula is C19H24N2O4. The van der Waals surface area contributed by atoms with E-state index in [0.717, 1.165) is 11.1 Å². The molecule has 134 valence electrons. The van der Waals surface area contributed by atoms with Crippen molar-refractivity contribution in [3.05, 3.63) is 54.4 Å². The smallest absolute Gasteiger partial charge is 0.407 e. The summed E-state index contributed by atoms with van der Waals surface area (Å²) in [5.74, 6) is 0. The average molecular weight is 344 g/mol. The van der Waals surface area contributed by atoms with E-state index in [1.807, 2.05) is 24.3 Å². The molecule has 2 aromatic rings. The SMILES string of the molecule is CC(C)(C)OC(=O)NCC(O)C(O)c1ccc(-c2ccncc2)cc1. The maximum atomic E-state index is 11.6. The molecule has 6 nitrogen and oxygen atoms in total. The van der Waals surface area contributed by atoms with Gasteiger partial charge in [0, 0.05) is 18.9 Å². The average Bonchev–Trinajstić information content (AvgIpc) is 2.58. The molecule has 0 aliphatic carbocycles. The van der Waals surface area contributed by atoms with Crippen LogP contribution in [-0.4, -0.2) is 39.5 Å². The van der Waals surface area contributed by atoms with Gasteiger partial charge >= 0.3 is 6.09 Å². The first kappa shape index (κ1) is 18.9. The van der Waals surface area contributed by atoms with Crippen molar-refractivity contribution in [2.45, 2.75) is 38.6 Å². The van der Waals surface area contributed by atoms with Crippen molar-refractivity contribution in [3.63, 3.8) is 0 Å². The fourth-order valence-corrected chi connectivity index (χ4v) is 2.25. The van der Waals surface area contributed by atoms with Gasteiger partial charge in [0.2, 0.25) is 0 Å². The molecule has 0 aliphatic heterocycles. The zero-order chi connectivity index (χ0) is 18.4. The van der Waals surface area contributed by atoms with Crippen LogP contribution in [0.3, 0.4) is 0 Å². The van der Waals surface area contributed by atoms with Gasteiger partial charge in [0.1, 0.15) is 17.8 Å². The number of hydrogen-bond donors (Lipinski definition) is 3. The Hall–Kier alpha value is -2.44. The predicted octanol–water partition coefficient (Wildman–Crippen LogP) is 2.67. The molecule has 0 saturated carbocycles. The lowest BCUT2D eigenvalue weighted by atomic mass is 10.00. The number of rotatable bonds is 5. The standard InChI is InChI=1S/C19H24N2O4/c1-19(2,3)25-18(24)21-12-16(22)17(23)15-6-4-13(5-7-15)14-8-10-20-11-9-14/h4-11,16-17,22-23H,12H2,1-3H3,(H,21,24). The maximum Gasteiger partial charge on any atom is 0.407 e. The molecule has 0 radical (unpaired) electrons. The summed E-state index contributed by atoms with van der Waals surface area (Å²) in [5, 5.41) is 22.8. The first-order chi connectivity index (χ1) is 11.8. The predicted molar refractivity (Wildman–Crippen MR) is 94.9 cm³/mol. The highest BCUT2D eigenvalue weighted by Gasteiger charge is 2.21. The van der Waals surface area contributed by atoms with Gasteiger partial charge in [-0.2, -0.15) is 0 Å². The van der Waals surface area contributed by atoms with Gasteiger partial charge in [-0.15, -0.1) is 0 Å². The number of nitrogens with zero attached hydrogens (tertiary/aromatic N) is 1. The Bertz CT molecular complexity index is 681. The van der Waals surface area contributed by atoms with E-state index in [1.165, 1.54) is 0 Å². The van der Waals surface area contributed by atoms with E-state index >= 15 is 0 Å². The molecule has 0 bridgehead atoms. The topological polar surface area (TPSA) is 91.7 Å². The van der Waals surface area contributed by atoms with E-state index in [-0.39, 0.29) is 6.54 Å². The normalized spacial score (nSPS) is 13.8. The number of aliphatic hydroxyl groups is 2. The van der Waals surface area contributed by atoms with Crippen LogP contribution in [0.15, 0.2) is 48.8 Å². The number of nitrogens with one attached hydrogen (secondary N) is 1. The maximum absolute atomic E-state index is 11.6. The third-order valence-corrected chi connectivity index (χ3v) is 3.48. The quantitative estimate of drug-likeness (QED) is 0.776. The van der Waals surface area contributed by atoms with Gasteiger partial charge in [-0.25, -0.2) is 4.79 Å². The minimum Gasteiger partial charge on any atom is -0.444 e. The van der Waals surface area contributed by atoms with E-state index in [1.54, 1.807) is 45.3 Å². The summed E-state index contributed by atoms with van der Waals surface area (Å²) in [6.45, 7) is 5.15. The van der Waals surface area contributed by atoms with Crippen molar-refractivity contribution in [1.29, 1.82) is 0 Å². The van der Waals surface area contributed by atoms with Crippen molar-refractivity contribution < 1.29 is 19.7 Å². The Kier molecular flexibility index (Phi) is 6.12. The van der Waals surface area contributed by atoms with Crippen LogP contribution < -0.4 is 5.32 Å². The van der Waals surface area contributed by atoms with Gasteiger partial charge in [0.05, 0.1) is 0 Å². The second-order valence-electron chi connectivity index (χ2n) is 6.75. The van der Waals surface area contributed by atoms with E-state index in [4.69, 9.17) is 4.74 Å². The summed E-state index contributed by atoms with van der Waals surface area (Å²) in [4.78, 5) is 15.6.